The first-order valence-electron chi connectivity index (χ1n) is 11.6. The van der Waals surface area contributed by atoms with Crippen LogP contribution in [0.2, 0.25) is 0 Å². The fourth-order valence-electron chi connectivity index (χ4n) is 3.86. The molecule has 1 rings (SSSR count). The van der Waals surface area contributed by atoms with Crippen LogP contribution < -0.4 is 0 Å². The molecule has 0 aromatic heterocycles. The number of nitrogens with zero attached hydrogens (tertiary/aromatic N) is 1. The van der Waals surface area contributed by atoms with Crippen LogP contribution in [-0.2, 0) is 19.4 Å². The number of aromatic hydroxyl groups is 1. The van der Waals surface area contributed by atoms with E-state index in [1.165, 1.54) is 93.7 Å². The van der Waals surface area contributed by atoms with E-state index in [1.54, 1.807) is 0 Å². The summed E-state index contributed by atoms with van der Waals surface area (Å²) in [4.78, 5) is 2.22. The highest BCUT2D eigenvalue weighted by atomic mass is 16.3. The van der Waals surface area contributed by atoms with Crippen LogP contribution in [0.25, 0.3) is 0 Å². The quantitative estimate of drug-likeness (QED) is 0.307. The van der Waals surface area contributed by atoms with Crippen molar-refractivity contribution in [3.8, 4) is 5.75 Å². The van der Waals surface area contributed by atoms with Crippen LogP contribution in [0.5, 0.6) is 5.75 Å². The van der Waals surface area contributed by atoms with Gasteiger partial charge in [-0.2, -0.15) is 0 Å². The van der Waals surface area contributed by atoms with Crippen molar-refractivity contribution in [1.82, 2.24) is 4.90 Å². The lowest BCUT2D eigenvalue weighted by Gasteiger charge is -2.16. The Morgan fingerprint density at radius 2 is 1.07 bits per heavy atom. The summed E-state index contributed by atoms with van der Waals surface area (Å²) in [5, 5.41) is 10.8. The van der Waals surface area contributed by atoms with Gasteiger partial charge in [0.05, 0.1) is 0 Å². The molecule has 1 aromatic carbocycles. The van der Waals surface area contributed by atoms with Crippen LogP contribution in [0.1, 0.15) is 108 Å². The van der Waals surface area contributed by atoms with Gasteiger partial charge in [-0.05, 0) is 56.5 Å². The maximum atomic E-state index is 10.8. The Labute approximate surface area is 169 Å². The number of aryl methyl sites for hydroxylation is 2. The van der Waals surface area contributed by atoms with Crippen LogP contribution in [0.15, 0.2) is 12.1 Å². The normalized spacial score (nSPS) is 11.4. The molecule has 0 aliphatic heterocycles. The number of rotatable bonds is 16. The number of phenols is 1. The first-order valence-corrected chi connectivity index (χ1v) is 11.6. The number of benzene rings is 1. The van der Waals surface area contributed by atoms with Gasteiger partial charge in [0.2, 0.25) is 0 Å². The number of hydrogen-bond acceptors (Lipinski definition) is 2. The predicted octanol–water partition coefficient (Wildman–Crippen LogP) is 7.26. The Kier molecular flexibility index (Phi) is 13.3. The van der Waals surface area contributed by atoms with E-state index in [0.717, 1.165) is 19.4 Å². The summed E-state index contributed by atoms with van der Waals surface area (Å²) in [6.07, 6.45) is 17.7. The second kappa shape index (κ2) is 15.0. The van der Waals surface area contributed by atoms with E-state index in [2.05, 4.69) is 45.0 Å². The van der Waals surface area contributed by atoms with Crippen molar-refractivity contribution in [2.45, 2.75) is 110 Å². The van der Waals surface area contributed by atoms with Gasteiger partial charge in [-0.1, -0.05) is 90.2 Å². The molecule has 156 valence electrons. The van der Waals surface area contributed by atoms with E-state index >= 15 is 0 Å². The Balaban J connectivity index is 2.62. The topological polar surface area (TPSA) is 23.5 Å². The summed E-state index contributed by atoms with van der Waals surface area (Å²) in [6.45, 7) is 5.48. The van der Waals surface area contributed by atoms with Gasteiger partial charge in [0, 0.05) is 6.54 Å². The van der Waals surface area contributed by atoms with E-state index in [-0.39, 0.29) is 0 Å². The number of phenolic OH excluding ortho intramolecular Hbond substituents is 1. The number of unbranched alkanes of at least 4 members (excludes halogenated alkanes) is 10. The van der Waals surface area contributed by atoms with E-state index in [4.69, 9.17) is 0 Å². The van der Waals surface area contributed by atoms with Crippen LogP contribution in [0.3, 0.4) is 0 Å². The average molecular weight is 376 g/mol. The molecule has 0 aliphatic rings. The SMILES string of the molecule is CCCCCCCCc1cc(CN(C)C)cc(CCCCCCCC)c1O. The van der Waals surface area contributed by atoms with Crippen molar-refractivity contribution in [2.75, 3.05) is 14.1 Å². The fraction of sp³-hybridized carbons (Fsp3) is 0.760. The van der Waals surface area contributed by atoms with Gasteiger partial charge in [-0.3, -0.25) is 0 Å². The van der Waals surface area contributed by atoms with E-state index in [0.29, 0.717) is 5.75 Å². The molecule has 2 heteroatoms. The lowest BCUT2D eigenvalue weighted by Crippen LogP contribution is -2.11. The van der Waals surface area contributed by atoms with Crippen molar-refractivity contribution < 1.29 is 5.11 Å². The standard InChI is InChI=1S/C25H45NO/c1-5-7-9-11-13-15-17-23-19-22(21-26(3)4)20-24(25(23)27)18-16-14-12-10-8-6-2/h19-20,27H,5-18,21H2,1-4H3. The minimum atomic E-state index is 0.583. The minimum Gasteiger partial charge on any atom is -0.507 e. The Hall–Kier alpha value is -1.02. The molecule has 0 heterocycles. The van der Waals surface area contributed by atoms with Gasteiger partial charge in [0.1, 0.15) is 5.75 Å². The summed E-state index contributed by atoms with van der Waals surface area (Å²) in [7, 11) is 4.24. The molecule has 2 nitrogen and oxygen atoms in total. The molecule has 0 amide bonds. The zero-order valence-electron chi connectivity index (χ0n) is 18.7. The van der Waals surface area contributed by atoms with E-state index in [9.17, 15) is 5.11 Å². The van der Waals surface area contributed by atoms with Crippen molar-refractivity contribution >= 4 is 0 Å². The maximum Gasteiger partial charge on any atom is 0.121 e. The smallest absolute Gasteiger partial charge is 0.121 e. The van der Waals surface area contributed by atoms with Crippen molar-refractivity contribution in [3.63, 3.8) is 0 Å². The summed E-state index contributed by atoms with van der Waals surface area (Å²) < 4.78 is 0. The molecule has 0 aliphatic carbocycles. The lowest BCUT2D eigenvalue weighted by molar-refractivity contribution is 0.400. The van der Waals surface area contributed by atoms with Gasteiger partial charge in [0.25, 0.3) is 0 Å². The molecule has 0 saturated carbocycles. The summed E-state index contributed by atoms with van der Waals surface area (Å²) in [5.41, 5.74) is 3.69. The van der Waals surface area contributed by atoms with E-state index < -0.39 is 0 Å². The molecular weight excluding hydrogens is 330 g/mol. The molecule has 0 atom stereocenters. The second-order valence-corrected chi connectivity index (χ2v) is 8.54. The van der Waals surface area contributed by atoms with Gasteiger partial charge in [0.15, 0.2) is 0 Å². The molecule has 0 unspecified atom stereocenters. The first-order chi connectivity index (χ1) is 13.1. The van der Waals surface area contributed by atoms with Crippen LogP contribution in [0.4, 0.5) is 0 Å². The van der Waals surface area contributed by atoms with Gasteiger partial charge in [-0.15, -0.1) is 0 Å². The maximum absolute atomic E-state index is 10.8. The third-order valence-electron chi connectivity index (χ3n) is 5.43. The highest BCUT2D eigenvalue weighted by molar-refractivity contribution is 5.44. The Morgan fingerprint density at radius 1 is 0.667 bits per heavy atom. The van der Waals surface area contributed by atoms with Crippen molar-refractivity contribution in [3.05, 3.63) is 28.8 Å². The summed E-state index contributed by atoms with van der Waals surface area (Å²) >= 11 is 0. The minimum absolute atomic E-state index is 0.583. The molecule has 0 bridgehead atoms. The molecule has 0 radical (unpaired) electrons. The average Bonchev–Trinajstić information content (AvgIpc) is 2.63. The molecule has 1 N–H and O–H groups in total. The highest BCUT2D eigenvalue weighted by Gasteiger charge is 2.11. The van der Waals surface area contributed by atoms with E-state index in [1.807, 2.05) is 0 Å². The number of hydrogen-bond donors (Lipinski definition) is 1. The second-order valence-electron chi connectivity index (χ2n) is 8.54. The molecule has 0 spiro atoms. The van der Waals surface area contributed by atoms with Crippen LogP contribution >= 0.6 is 0 Å². The zero-order valence-corrected chi connectivity index (χ0v) is 18.7. The molecule has 0 saturated heterocycles. The molecule has 27 heavy (non-hydrogen) atoms. The molecule has 1 aromatic rings. The predicted molar refractivity (Wildman–Crippen MR) is 120 cm³/mol. The monoisotopic (exact) mass is 375 g/mol. The molecular formula is C25H45NO. The third-order valence-corrected chi connectivity index (χ3v) is 5.43. The van der Waals surface area contributed by atoms with Crippen molar-refractivity contribution in [2.24, 2.45) is 0 Å². The van der Waals surface area contributed by atoms with Gasteiger partial charge < -0.3 is 10.0 Å². The van der Waals surface area contributed by atoms with Crippen LogP contribution in [0, 0.1) is 0 Å². The van der Waals surface area contributed by atoms with Crippen molar-refractivity contribution in [1.29, 1.82) is 0 Å². The molecule has 0 fully saturated rings. The lowest BCUT2D eigenvalue weighted by atomic mass is 9.95. The van der Waals surface area contributed by atoms with Crippen LogP contribution in [-0.4, -0.2) is 24.1 Å². The summed E-state index contributed by atoms with van der Waals surface area (Å²) in [5.74, 6) is 0.583. The summed E-state index contributed by atoms with van der Waals surface area (Å²) in [6, 6.07) is 4.48. The van der Waals surface area contributed by atoms with Gasteiger partial charge in [-0.25, -0.2) is 0 Å². The van der Waals surface area contributed by atoms with Gasteiger partial charge >= 0.3 is 0 Å². The Morgan fingerprint density at radius 3 is 1.48 bits per heavy atom. The zero-order chi connectivity index (χ0) is 19.9. The Bertz CT molecular complexity index is 458. The first kappa shape index (κ1) is 24.0. The third kappa shape index (κ3) is 10.8. The highest BCUT2D eigenvalue weighted by Crippen LogP contribution is 2.29. The largest absolute Gasteiger partial charge is 0.507 e. The fourth-order valence-corrected chi connectivity index (χ4v) is 3.86.